The van der Waals surface area contributed by atoms with Gasteiger partial charge >= 0.3 is 17.9 Å². The Balaban J connectivity index is 2.33. The summed E-state index contributed by atoms with van der Waals surface area (Å²) < 4.78 is 15.2. The number of hydrogen-bond donors (Lipinski definition) is 0. The lowest BCUT2D eigenvalue weighted by atomic mass is 9.78. The summed E-state index contributed by atoms with van der Waals surface area (Å²) in [5.41, 5.74) is -0.110. The predicted octanol–water partition coefficient (Wildman–Crippen LogP) is 3.07. The van der Waals surface area contributed by atoms with Gasteiger partial charge in [0.15, 0.2) is 0 Å². The van der Waals surface area contributed by atoms with Gasteiger partial charge in [0.25, 0.3) is 0 Å². The molecule has 1 fully saturated rings. The summed E-state index contributed by atoms with van der Waals surface area (Å²) in [6.07, 6.45) is 1.26. The van der Waals surface area contributed by atoms with Crippen LogP contribution in [0.3, 0.4) is 0 Å². The molecule has 1 heterocycles. The van der Waals surface area contributed by atoms with E-state index >= 15 is 0 Å². The largest absolute Gasteiger partial charge is 0.465 e. The molecular weight excluding hydrogens is 362 g/mol. The Kier molecular flexibility index (Phi) is 6.18. The summed E-state index contributed by atoms with van der Waals surface area (Å²) in [4.78, 5) is 38.9. The number of carbonyl (C=O) groups excluding carboxylic acids is 3. The highest BCUT2D eigenvalue weighted by molar-refractivity contribution is 6.00. The van der Waals surface area contributed by atoms with Crippen LogP contribution >= 0.6 is 0 Å². The van der Waals surface area contributed by atoms with Crippen LogP contribution in [0.5, 0.6) is 0 Å². The molecular formula is C21H29NO6. The molecule has 2 rings (SSSR count). The first kappa shape index (κ1) is 21.9. The Labute approximate surface area is 165 Å². The van der Waals surface area contributed by atoms with Gasteiger partial charge in [0.05, 0.1) is 36.4 Å². The molecule has 0 aliphatic carbocycles. The van der Waals surface area contributed by atoms with Crippen LogP contribution in [0.25, 0.3) is 0 Å². The van der Waals surface area contributed by atoms with Crippen LogP contribution in [0.1, 0.15) is 71.6 Å². The molecule has 1 aliphatic rings. The summed E-state index contributed by atoms with van der Waals surface area (Å²) in [6, 6.07) is 4.06. The standard InChI is InChI=1S/C21H29NO6/c1-20(2)9-8-16(21(3,4)22(20)5)28-19(25)15-11-13(17(23)26-6)10-14(12-15)18(24)27-7/h10-12,16H,8-9H2,1-7H3. The molecule has 1 atom stereocenters. The molecule has 1 aliphatic heterocycles. The van der Waals surface area contributed by atoms with Gasteiger partial charge in [-0.15, -0.1) is 0 Å². The summed E-state index contributed by atoms with van der Waals surface area (Å²) in [6.45, 7) is 8.40. The molecule has 0 N–H and O–H groups in total. The molecule has 1 unspecified atom stereocenters. The number of carbonyl (C=O) groups is 3. The van der Waals surface area contributed by atoms with Crippen molar-refractivity contribution in [3.8, 4) is 0 Å². The van der Waals surface area contributed by atoms with Crippen LogP contribution in [-0.4, -0.2) is 61.3 Å². The maximum Gasteiger partial charge on any atom is 0.338 e. The first-order valence-corrected chi connectivity index (χ1v) is 9.20. The van der Waals surface area contributed by atoms with Crippen molar-refractivity contribution in [2.24, 2.45) is 0 Å². The topological polar surface area (TPSA) is 82.1 Å². The minimum Gasteiger partial charge on any atom is -0.465 e. The summed E-state index contributed by atoms with van der Waals surface area (Å²) in [5.74, 6) is -1.90. The minimum atomic E-state index is -0.653. The van der Waals surface area contributed by atoms with E-state index in [-0.39, 0.29) is 33.9 Å². The summed E-state index contributed by atoms with van der Waals surface area (Å²) in [5, 5.41) is 0. The smallest absolute Gasteiger partial charge is 0.338 e. The number of likely N-dealkylation sites (N-methyl/N-ethyl adjacent to an activating group) is 1. The van der Waals surface area contributed by atoms with Crippen LogP contribution in [0.15, 0.2) is 18.2 Å². The highest BCUT2D eigenvalue weighted by Crippen LogP contribution is 2.38. The fraction of sp³-hybridized carbons (Fsp3) is 0.571. The third-order valence-electron chi connectivity index (χ3n) is 5.84. The molecule has 1 aromatic carbocycles. The normalized spacial score (nSPS) is 20.9. The van der Waals surface area contributed by atoms with Gasteiger partial charge in [-0.05, 0) is 65.8 Å². The first-order chi connectivity index (χ1) is 12.9. The minimum absolute atomic E-state index is 0.00470. The molecule has 7 nitrogen and oxygen atoms in total. The molecule has 0 saturated carbocycles. The van der Waals surface area contributed by atoms with Crippen LogP contribution in [0, 0.1) is 0 Å². The van der Waals surface area contributed by atoms with Gasteiger partial charge in [0, 0.05) is 5.54 Å². The van der Waals surface area contributed by atoms with Crippen molar-refractivity contribution >= 4 is 17.9 Å². The Morgan fingerprint density at radius 3 is 1.75 bits per heavy atom. The van der Waals surface area contributed by atoms with E-state index < -0.39 is 17.9 Å². The lowest BCUT2D eigenvalue weighted by molar-refractivity contribution is -0.0975. The molecule has 154 valence electrons. The van der Waals surface area contributed by atoms with E-state index in [1.54, 1.807) is 0 Å². The van der Waals surface area contributed by atoms with Gasteiger partial charge in [-0.25, -0.2) is 14.4 Å². The monoisotopic (exact) mass is 391 g/mol. The fourth-order valence-corrected chi connectivity index (χ4v) is 3.62. The van der Waals surface area contributed by atoms with Crippen molar-refractivity contribution < 1.29 is 28.6 Å². The highest BCUT2D eigenvalue weighted by atomic mass is 16.5. The van der Waals surface area contributed by atoms with Gasteiger partial charge in [-0.2, -0.15) is 0 Å². The Morgan fingerprint density at radius 2 is 1.32 bits per heavy atom. The first-order valence-electron chi connectivity index (χ1n) is 9.20. The average molecular weight is 391 g/mol. The molecule has 0 bridgehead atoms. The molecule has 1 saturated heterocycles. The number of hydrogen-bond acceptors (Lipinski definition) is 7. The van der Waals surface area contributed by atoms with Crippen LogP contribution in [0.4, 0.5) is 0 Å². The Morgan fingerprint density at radius 1 is 0.893 bits per heavy atom. The third kappa shape index (κ3) is 4.19. The van der Waals surface area contributed by atoms with E-state index in [4.69, 9.17) is 14.2 Å². The zero-order valence-corrected chi connectivity index (χ0v) is 17.6. The molecule has 0 aromatic heterocycles. The number of likely N-dealkylation sites (tertiary alicyclic amines) is 1. The number of benzene rings is 1. The molecule has 0 radical (unpaired) electrons. The van der Waals surface area contributed by atoms with E-state index in [1.165, 1.54) is 32.4 Å². The predicted molar refractivity (Wildman–Crippen MR) is 103 cm³/mol. The molecule has 0 amide bonds. The zero-order valence-electron chi connectivity index (χ0n) is 17.6. The number of esters is 3. The molecule has 28 heavy (non-hydrogen) atoms. The number of nitrogens with zero attached hydrogens (tertiary/aromatic N) is 1. The van der Waals surface area contributed by atoms with Gasteiger partial charge in [-0.3, -0.25) is 4.90 Å². The number of rotatable bonds is 4. The van der Waals surface area contributed by atoms with Gasteiger partial charge in [0.2, 0.25) is 0 Å². The number of piperidine rings is 1. The van der Waals surface area contributed by atoms with Crippen molar-refractivity contribution in [3.63, 3.8) is 0 Å². The van der Waals surface area contributed by atoms with Crippen LogP contribution in [0.2, 0.25) is 0 Å². The lowest BCUT2D eigenvalue weighted by Gasteiger charge is -2.54. The van der Waals surface area contributed by atoms with Gasteiger partial charge < -0.3 is 14.2 Å². The molecule has 0 spiro atoms. The van der Waals surface area contributed by atoms with Crippen molar-refractivity contribution in [2.75, 3.05) is 21.3 Å². The Bertz CT molecular complexity index is 749. The van der Waals surface area contributed by atoms with E-state index in [1.807, 2.05) is 20.9 Å². The second-order valence-corrected chi connectivity index (χ2v) is 8.24. The van der Waals surface area contributed by atoms with Gasteiger partial charge in [-0.1, -0.05) is 0 Å². The average Bonchev–Trinajstić information content (AvgIpc) is 2.67. The quantitative estimate of drug-likeness (QED) is 0.576. The lowest BCUT2D eigenvalue weighted by Crippen LogP contribution is -2.63. The summed E-state index contributed by atoms with van der Waals surface area (Å²) >= 11 is 0. The Hall–Kier alpha value is -2.41. The fourth-order valence-electron chi connectivity index (χ4n) is 3.62. The molecule has 7 heteroatoms. The van der Waals surface area contributed by atoms with Crippen LogP contribution in [-0.2, 0) is 14.2 Å². The third-order valence-corrected chi connectivity index (χ3v) is 5.84. The van der Waals surface area contributed by atoms with Crippen molar-refractivity contribution in [2.45, 2.75) is 57.7 Å². The highest BCUT2D eigenvalue weighted by Gasteiger charge is 2.46. The van der Waals surface area contributed by atoms with E-state index in [0.29, 0.717) is 0 Å². The zero-order chi connectivity index (χ0) is 21.3. The maximum atomic E-state index is 12.9. The SMILES string of the molecule is COC(=O)c1cc(C(=O)OC)cc(C(=O)OC2CCC(C)(C)N(C)C2(C)C)c1. The molecule has 1 aromatic rings. The van der Waals surface area contributed by atoms with Gasteiger partial charge in [0.1, 0.15) is 6.10 Å². The maximum absolute atomic E-state index is 12.9. The van der Waals surface area contributed by atoms with Crippen LogP contribution < -0.4 is 0 Å². The van der Waals surface area contributed by atoms with E-state index in [2.05, 4.69) is 18.7 Å². The number of methoxy groups -OCH3 is 2. The van der Waals surface area contributed by atoms with Crippen molar-refractivity contribution in [3.05, 3.63) is 34.9 Å². The number of ether oxygens (including phenoxy) is 3. The van der Waals surface area contributed by atoms with E-state index in [0.717, 1.165) is 12.8 Å². The second kappa shape index (κ2) is 7.91. The van der Waals surface area contributed by atoms with Crippen molar-refractivity contribution in [1.82, 2.24) is 4.90 Å². The summed E-state index contributed by atoms with van der Waals surface area (Å²) in [7, 11) is 4.48. The van der Waals surface area contributed by atoms with E-state index in [9.17, 15) is 14.4 Å². The van der Waals surface area contributed by atoms with Crippen molar-refractivity contribution in [1.29, 1.82) is 0 Å². The second-order valence-electron chi connectivity index (χ2n) is 8.24.